The first-order valence-electron chi connectivity index (χ1n) is 8.12. The van der Waals surface area contributed by atoms with E-state index in [1.54, 1.807) is 17.8 Å². The molecule has 1 aromatic heterocycles. The van der Waals surface area contributed by atoms with Crippen molar-refractivity contribution < 1.29 is 9.21 Å². The number of aromatic nitrogens is 2. The molecule has 0 saturated carbocycles. The number of hydrogen-bond acceptors (Lipinski definition) is 6. The molecule has 1 N–H and O–H groups in total. The Morgan fingerprint density at radius 3 is 2.69 bits per heavy atom. The van der Waals surface area contributed by atoms with Crippen molar-refractivity contribution in [2.24, 2.45) is 0 Å². The lowest BCUT2D eigenvalue weighted by molar-refractivity contribution is 0.102. The van der Waals surface area contributed by atoms with Crippen LogP contribution >= 0.6 is 23.5 Å². The maximum Gasteiger partial charge on any atom is 0.322 e. The minimum absolute atomic E-state index is 0.0859. The zero-order chi connectivity index (χ0) is 18.5. The van der Waals surface area contributed by atoms with Crippen molar-refractivity contribution in [2.75, 3.05) is 11.6 Å². The summed E-state index contributed by atoms with van der Waals surface area (Å²) in [5.74, 6) is 0.110. The summed E-state index contributed by atoms with van der Waals surface area (Å²) in [4.78, 5) is 14.5. The van der Waals surface area contributed by atoms with Crippen molar-refractivity contribution in [1.82, 2.24) is 10.2 Å². The molecule has 0 aliphatic rings. The summed E-state index contributed by atoms with van der Waals surface area (Å²) in [5.41, 5.74) is 1.41. The second-order valence-electron chi connectivity index (χ2n) is 5.76. The summed E-state index contributed by atoms with van der Waals surface area (Å²) < 4.78 is 5.63. The third kappa shape index (κ3) is 4.47. The van der Waals surface area contributed by atoms with Crippen LogP contribution < -0.4 is 5.32 Å². The van der Waals surface area contributed by atoms with Gasteiger partial charge < -0.3 is 4.42 Å². The number of rotatable bonds is 6. The van der Waals surface area contributed by atoms with E-state index in [9.17, 15) is 4.79 Å². The van der Waals surface area contributed by atoms with Gasteiger partial charge in [0.15, 0.2) is 0 Å². The standard InChI is InChI=1S/C19H19N3O2S2/c1-12(2)26-14-8-6-7-13(11-14)18-21-22-19(24-18)20-17(23)15-9-4-5-10-16(15)25-3/h4-12H,1-3H3,(H,20,22,23). The molecule has 0 fully saturated rings. The first-order chi connectivity index (χ1) is 12.6. The lowest BCUT2D eigenvalue weighted by Gasteiger charge is -2.06. The van der Waals surface area contributed by atoms with E-state index < -0.39 is 0 Å². The van der Waals surface area contributed by atoms with Gasteiger partial charge in [-0.2, -0.15) is 0 Å². The number of carbonyl (C=O) groups excluding carboxylic acids is 1. The number of nitrogens with one attached hydrogen (secondary N) is 1. The van der Waals surface area contributed by atoms with Crippen LogP contribution in [0.3, 0.4) is 0 Å². The summed E-state index contributed by atoms with van der Waals surface area (Å²) in [7, 11) is 0. The summed E-state index contributed by atoms with van der Waals surface area (Å²) >= 11 is 3.28. The molecule has 0 spiro atoms. The van der Waals surface area contributed by atoms with Gasteiger partial charge in [-0.3, -0.25) is 10.1 Å². The fourth-order valence-electron chi connectivity index (χ4n) is 2.36. The van der Waals surface area contributed by atoms with Gasteiger partial charge in [-0.15, -0.1) is 28.6 Å². The van der Waals surface area contributed by atoms with E-state index in [1.807, 2.05) is 48.7 Å². The minimum Gasteiger partial charge on any atom is -0.403 e. The predicted octanol–water partition coefficient (Wildman–Crippen LogP) is 5.21. The van der Waals surface area contributed by atoms with E-state index in [0.29, 0.717) is 16.7 Å². The Labute approximate surface area is 161 Å². The highest BCUT2D eigenvalue weighted by atomic mass is 32.2. The smallest absolute Gasteiger partial charge is 0.322 e. The number of benzene rings is 2. The van der Waals surface area contributed by atoms with Gasteiger partial charge in [0.1, 0.15) is 0 Å². The van der Waals surface area contributed by atoms with E-state index in [2.05, 4.69) is 29.4 Å². The number of anilines is 1. The zero-order valence-corrected chi connectivity index (χ0v) is 16.4. The number of thioether (sulfide) groups is 2. The molecule has 3 aromatic rings. The van der Waals surface area contributed by atoms with Gasteiger partial charge in [-0.1, -0.05) is 37.1 Å². The molecule has 7 heteroatoms. The van der Waals surface area contributed by atoms with E-state index in [0.717, 1.165) is 15.4 Å². The molecule has 0 aliphatic heterocycles. The fourth-order valence-corrected chi connectivity index (χ4v) is 3.85. The normalized spacial score (nSPS) is 10.9. The van der Waals surface area contributed by atoms with Gasteiger partial charge in [0.05, 0.1) is 5.56 Å². The molecule has 2 aromatic carbocycles. The maximum atomic E-state index is 12.5. The Morgan fingerprint density at radius 1 is 1.12 bits per heavy atom. The Hall–Kier alpha value is -2.25. The molecule has 0 bridgehead atoms. The molecule has 0 atom stereocenters. The van der Waals surface area contributed by atoms with Crippen LogP contribution in [-0.4, -0.2) is 27.6 Å². The van der Waals surface area contributed by atoms with Crippen LogP contribution in [0.25, 0.3) is 11.5 Å². The molecule has 26 heavy (non-hydrogen) atoms. The van der Waals surface area contributed by atoms with Crippen LogP contribution in [0.1, 0.15) is 24.2 Å². The highest BCUT2D eigenvalue weighted by Crippen LogP contribution is 2.28. The molecule has 3 rings (SSSR count). The van der Waals surface area contributed by atoms with Crippen molar-refractivity contribution in [3.8, 4) is 11.5 Å². The summed E-state index contributed by atoms with van der Waals surface area (Å²) in [6.07, 6.45) is 1.93. The molecule has 134 valence electrons. The van der Waals surface area contributed by atoms with Gasteiger partial charge >= 0.3 is 6.01 Å². The molecule has 0 aliphatic carbocycles. The Morgan fingerprint density at radius 2 is 1.92 bits per heavy atom. The predicted molar refractivity (Wildman–Crippen MR) is 107 cm³/mol. The van der Waals surface area contributed by atoms with Gasteiger partial charge in [0.2, 0.25) is 5.89 Å². The molecular formula is C19H19N3O2S2. The first kappa shape index (κ1) is 18.5. The van der Waals surface area contributed by atoms with Gasteiger partial charge in [0, 0.05) is 20.6 Å². The largest absolute Gasteiger partial charge is 0.403 e. The third-order valence-corrected chi connectivity index (χ3v) is 5.24. The number of amides is 1. The summed E-state index contributed by atoms with van der Waals surface area (Å²) in [6, 6.07) is 15.4. The van der Waals surface area contributed by atoms with E-state index in [1.165, 1.54) is 11.8 Å². The number of hydrogen-bond donors (Lipinski definition) is 1. The summed E-state index contributed by atoms with van der Waals surface area (Å²) in [5, 5.41) is 11.1. The Kier molecular flexibility index (Phi) is 6.00. The summed E-state index contributed by atoms with van der Waals surface area (Å²) in [6.45, 7) is 4.29. The molecular weight excluding hydrogens is 366 g/mol. The van der Waals surface area contributed by atoms with Crippen LogP contribution in [0.15, 0.2) is 62.7 Å². The lowest BCUT2D eigenvalue weighted by atomic mass is 10.2. The maximum absolute atomic E-state index is 12.5. The van der Waals surface area contributed by atoms with E-state index in [4.69, 9.17) is 4.42 Å². The van der Waals surface area contributed by atoms with Crippen LogP contribution in [0.2, 0.25) is 0 Å². The van der Waals surface area contributed by atoms with E-state index >= 15 is 0 Å². The van der Waals surface area contributed by atoms with Crippen molar-refractivity contribution in [3.05, 3.63) is 54.1 Å². The minimum atomic E-state index is -0.269. The fraction of sp³-hybridized carbons (Fsp3) is 0.211. The molecule has 1 heterocycles. The van der Waals surface area contributed by atoms with Gasteiger partial charge in [-0.05, 0) is 36.6 Å². The molecule has 0 radical (unpaired) electrons. The van der Waals surface area contributed by atoms with Crippen molar-refractivity contribution in [1.29, 1.82) is 0 Å². The van der Waals surface area contributed by atoms with Gasteiger partial charge in [-0.25, -0.2) is 0 Å². The molecule has 1 amide bonds. The second-order valence-corrected chi connectivity index (χ2v) is 8.26. The Bertz CT molecular complexity index is 909. The molecule has 0 unspecified atom stereocenters. The van der Waals surface area contributed by atoms with Crippen molar-refractivity contribution in [3.63, 3.8) is 0 Å². The molecule has 5 nitrogen and oxygen atoms in total. The van der Waals surface area contributed by atoms with Crippen LogP contribution in [0.4, 0.5) is 6.01 Å². The average Bonchev–Trinajstić information content (AvgIpc) is 3.10. The highest BCUT2D eigenvalue weighted by Gasteiger charge is 2.15. The topological polar surface area (TPSA) is 68.0 Å². The number of carbonyl (C=O) groups is 1. The average molecular weight is 386 g/mol. The highest BCUT2D eigenvalue weighted by molar-refractivity contribution is 8.00. The Balaban J connectivity index is 1.77. The lowest BCUT2D eigenvalue weighted by Crippen LogP contribution is -2.13. The quantitative estimate of drug-likeness (QED) is 0.587. The molecule has 0 saturated heterocycles. The van der Waals surface area contributed by atoms with Crippen molar-refractivity contribution in [2.45, 2.75) is 28.9 Å². The van der Waals surface area contributed by atoms with Crippen LogP contribution in [0.5, 0.6) is 0 Å². The monoisotopic (exact) mass is 385 g/mol. The van der Waals surface area contributed by atoms with Crippen LogP contribution in [0, 0.1) is 0 Å². The third-order valence-electron chi connectivity index (χ3n) is 3.45. The van der Waals surface area contributed by atoms with Crippen LogP contribution in [-0.2, 0) is 0 Å². The van der Waals surface area contributed by atoms with Gasteiger partial charge in [0.25, 0.3) is 5.91 Å². The van der Waals surface area contributed by atoms with Crippen molar-refractivity contribution >= 4 is 35.4 Å². The SMILES string of the molecule is CSc1ccccc1C(=O)Nc1nnc(-c2cccc(SC(C)C)c2)o1. The van der Waals surface area contributed by atoms with E-state index in [-0.39, 0.29) is 11.9 Å². The zero-order valence-electron chi connectivity index (χ0n) is 14.7. The number of nitrogens with zero attached hydrogens (tertiary/aromatic N) is 2. The first-order valence-corrected chi connectivity index (χ1v) is 10.2. The second kappa shape index (κ2) is 8.42.